The fourth-order valence-corrected chi connectivity index (χ4v) is 4.94. The molecule has 0 unspecified atom stereocenters. The predicted molar refractivity (Wildman–Crippen MR) is 102 cm³/mol. The van der Waals surface area contributed by atoms with Gasteiger partial charge in [0.05, 0.1) is 17.7 Å². The third-order valence-corrected chi connectivity index (χ3v) is 6.34. The van der Waals surface area contributed by atoms with Gasteiger partial charge in [0.25, 0.3) is 0 Å². The van der Waals surface area contributed by atoms with Gasteiger partial charge in [0, 0.05) is 35.3 Å². The summed E-state index contributed by atoms with van der Waals surface area (Å²) in [5.74, 6) is -2.47. The number of nitrogens with zero attached hydrogens (tertiary/aromatic N) is 3. The number of carbonyl (C=O) groups excluding carboxylic acids is 2. The monoisotopic (exact) mass is 413 g/mol. The number of pyridine rings is 1. The van der Waals surface area contributed by atoms with Crippen LogP contribution in [-0.4, -0.2) is 33.5 Å². The maximum absolute atomic E-state index is 12.4. The number of hydrogen-bond donors (Lipinski definition) is 0. The third kappa shape index (κ3) is 2.76. The molecule has 0 N–H and O–H groups in total. The number of carbonyl (C=O) groups is 2. The summed E-state index contributed by atoms with van der Waals surface area (Å²) in [6, 6.07) is 7.47. The Labute approximate surface area is 195 Å². The molecule has 1 aromatic carbocycles. The molecule has 0 radical (unpaired) electrons. The molecule has 30 heavy (non-hydrogen) atoms. The van der Waals surface area contributed by atoms with Gasteiger partial charge in [-0.2, -0.15) is 0 Å². The van der Waals surface area contributed by atoms with Gasteiger partial charge in [0.2, 0.25) is 5.91 Å². The first-order chi connectivity index (χ1) is 13.8. The molecule has 0 spiro atoms. The molecule has 4 heterocycles. The van der Waals surface area contributed by atoms with Crippen molar-refractivity contribution in [1.82, 2.24) is 9.47 Å². The van der Waals surface area contributed by atoms with Crippen LogP contribution in [0.15, 0.2) is 42.4 Å². The zero-order valence-electron chi connectivity index (χ0n) is 17.4. The van der Waals surface area contributed by atoms with Crippen molar-refractivity contribution < 1.29 is 53.9 Å². The SMILES string of the molecule is C[C@@H]([O-])[C@H]1C(=O)N2C(C(=O)[O-])=C(c3ccc4c(c3)c3cc[n+](C)cc3n4C)C[C@H]12.[Na+]. The van der Waals surface area contributed by atoms with E-state index in [1.54, 1.807) is 0 Å². The van der Waals surface area contributed by atoms with Crippen molar-refractivity contribution in [2.75, 3.05) is 0 Å². The van der Waals surface area contributed by atoms with Crippen LogP contribution < -0.4 is 44.3 Å². The zero-order valence-corrected chi connectivity index (χ0v) is 19.4. The molecule has 1 amide bonds. The van der Waals surface area contributed by atoms with Gasteiger partial charge in [-0.15, -0.1) is 6.10 Å². The van der Waals surface area contributed by atoms with Gasteiger partial charge in [-0.05, 0) is 29.7 Å². The minimum atomic E-state index is -1.38. The number of β-lactam (4-membered cyclic amide) rings is 1. The van der Waals surface area contributed by atoms with E-state index in [-0.39, 0.29) is 41.3 Å². The summed E-state index contributed by atoms with van der Waals surface area (Å²) >= 11 is 0. The van der Waals surface area contributed by atoms with Gasteiger partial charge in [-0.25, -0.2) is 4.57 Å². The number of amides is 1. The molecule has 5 rings (SSSR count). The second-order valence-corrected chi connectivity index (χ2v) is 8.03. The normalized spacial score (nSPS) is 21.6. The first kappa shape index (κ1) is 21.1. The Bertz CT molecular complexity index is 1260. The van der Waals surface area contributed by atoms with Crippen molar-refractivity contribution in [3.05, 3.63) is 47.9 Å². The number of aryl methyl sites for hydroxylation is 2. The molecular formula is C22H20N3NaO4. The number of hydrogen-bond acceptors (Lipinski definition) is 4. The van der Waals surface area contributed by atoms with Crippen LogP contribution in [0.25, 0.3) is 27.4 Å². The number of carboxylic acid groups (broad SMARTS) is 1. The Morgan fingerprint density at radius 3 is 2.63 bits per heavy atom. The van der Waals surface area contributed by atoms with Gasteiger partial charge >= 0.3 is 29.6 Å². The maximum Gasteiger partial charge on any atom is 1.00 e. The van der Waals surface area contributed by atoms with Gasteiger partial charge in [-0.3, -0.25) is 4.79 Å². The molecule has 7 nitrogen and oxygen atoms in total. The Balaban J connectivity index is 0.00000218. The maximum atomic E-state index is 12.4. The summed E-state index contributed by atoms with van der Waals surface area (Å²) in [5, 5.41) is 25.9. The molecule has 3 atom stereocenters. The smallest absolute Gasteiger partial charge is 0.852 e. The number of carboxylic acids is 1. The summed E-state index contributed by atoms with van der Waals surface area (Å²) in [5.41, 5.74) is 3.32. The summed E-state index contributed by atoms with van der Waals surface area (Å²) in [7, 11) is 3.96. The topological polar surface area (TPSA) is 92.3 Å². The van der Waals surface area contributed by atoms with Crippen molar-refractivity contribution in [3.8, 4) is 0 Å². The molecule has 2 aliphatic rings. The number of rotatable bonds is 3. The second-order valence-electron chi connectivity index (χ2n) is 8.03. The Morgan fingerprint density at radius 2 is 1.97 bits per heavy atom. The average Bonchev–Trinajstić information content (AvgIpc) is 3.14. The van der Waals surface area contributed by atoms with E-state index in [1.807, 2.05) is 55.3 Å². The van der Waals surface area contributed by atoms with Gasteiger partial charge in [-0.1, -0.05) is 13.0 Å². The van der Waals surface area contributed by atoms with Crippen molar-refractivity contribution in [2.45, 2.75) is 25.5 Å². The van der Waals surface area contributed by atoms with Crippen LogP contribution in [0.1, 0.15) is 18.9 Å². The van der Waals surface area contributed by atoms with E-state index < -0.39 is 23.9 Å². The molecule has 1 saturated heterocycles. The molecule has 0 bridgehead atoms. The third-order valence-electron chi connectivity index (χ3n) is 6.34. The van der Waals surface area contributed by atoms with Crippen LogP contribution in [0.5, 0.6) is 0 Å². The molecule has 0 aliphatic carbocycles. The standard InChI is InChI=1S/C22H21N3O4.Na/c1-11(26)19-17-9-14(20(22(28)29)25(17)21(19)27)12-4-5-16-15(8-12)13-6-7-23(2)10-18(13)24(16)3;/h4-8,10-11,17,19H,9H2,1-3H3,(H,28,29);/q;+1/p-1/t11-,17-,19-;/m1./s1. The van der Waals surface area contributed by atoms with Crippen LogP contribution in [0.4, 0.5) is 0 Å². The van der Waals surface area contributed by atoms with Crippen molar-refractivity contribution in [2.24, 2.45) is 20.0 Å². The molecule has 1 fully saturated rings. The summed E-state index contributed by atoms with van der Waals surface area (Å²) in [4.78, 5) is 25.5. The number of aliphatic carboxylic acids is 1. The van der Waals surface area contributed by atoms with E-state index in [1.165, 1.54) is 11.8 Å². The van der Waals surface area contributed by atoms with E-state index in [4.69, 9.17) is 0 Å². The average molecular weight is 413 g/mol. The van der Waals surface area contributed by atoms with Gasteiger partial charge in [0.1, 0.15) is 12.6 Å². The fraction of sp³-hybridized carbons (Fsp3) is 0.318. The Morgan fingerprint density at radius 1 is 1.23 bits per heavy atom. The summed E-state index contributed by atoms with van der Waals surface area (Å²) < 4.78 is 4.08. The molecule has 0 saturated carbocycles. The quantitative estimate of drug-likeness (QED) is 0.254. The minimum absolute atomic E-state index is 0. The molecular weight excluding hydrogens is 393 g/mol. The van der Waals surface area contributed by atoms with Crippen LogP contribution in [0.3, 0.4) is 0 Å². The second kappa shape index (κ2) is 7.20. The molecule has 8 heteroatoms. The summed E-state index contributed by atoms with van der Waals surface area (Å²) in [6.07, 6.45) is 3.31. The van der Waals surface area contributed by atoms with Gasteiger partial charge in [0.15, 0.2) is 12.4 Å². The first-order valence-corrected chi connectivity index (χ1v) is 9.60. The van der Waals surface area contributed by atoms with Crippen LogP contribution in [0.2, 0.25) is 0 Å². The van der Waals surface area contributed by atoms with E-state index in [0.717, 1.165) is 27.4 Å². The van der Waals surface area contributed by atoms with E-state index >= 15 is 0 Å². The van der Waals surface area contributed by atoms with E-state index in [0.29, 0.717) is 12.0 Å². The molecule has 2 aliphatic heterocycles. The van der Waals surface area contributed by atoms with Gasteiger partial charge < -0.3 is 24.5 Å². The zero-order chi connectivity index (χ0) is 20.6. The Kier molecular flexibility index (Phi) is 5.05. The Hall–Kier alpha value is -2.19. The van der Waals surface area contributed by atoms with E-state index in [2.05, 4.69) is 4.57 Å². The molecule has 3 aromatic rings. The summed E-state index contributed by atoms with van der Waals surface area (Å²) in [6.45, 7) is 1.46. The predicted octanol–water partition coefficient (Wildman–Crippen LogP) is -3.40. The molecule has 2 aromatic heterocycles. The minimum Gasteiger partial charge on any atom is -0.852 e. The largest absolute Gasteiger partial charge is 1.00 e. The first-order valence-electron chi connectivity index (χ1n) is 9.60. The van der Waals surface area contributed by atoms with Crippen molar-refractivity contribution in [1.29, 1.82) is 0 Å². The number of aromatic nitrogens is 2. The fourth-order valence-electron chi connectivity index (χ4n) is 4.94. The molecule has 148 valence electrons. The van der Waals surface area contributed by atoms with Crippen LogP contribution in [-0.2, 0) is 23.7 Å². The van der Waals surface area contributed by atoms with E-state index in [9.17, 15) is 19.8 Å². The van der Waals surface area contributed by atoms with Crippen LogP contribution >= 0.6 is 0 Å². The van der Waals surface area contributed by atoms with Crippen molar-refractivity contribution >= 4 is 39.3 Å². The number of fused-ring (bicyclic) bond motifs is 4. The van der Waals surface area contributed by atoms with Crippen molar-refractivity contribution in [3.63, 3.8) is 0 Å². The van der Waals surface area contributed by atoms with Crippen LogP contribution in [0, 0.1) is 5.92 Å². The number of benzene rings is 1.